The van der Waals surface area contributed by atoms with Gasteiger partial charge in [-0.2, -0.15) is 0 Å². The van der Waals surface area contributed by atoms with Crippen LogP contribution in [0.3, 0.4) is 0 Å². The van der Waals surface area contributed by atoms with Crippen molar-refractivity contribution in [3.63, 3.8) is 0 Å². The van der Waals surface area contributed by atoms with Gasteiger partial charge in [-0.25, -0.2) is 0 Å². The van der Waals surface area contributed by atoms with Gasteiger partial charge in [-0.1, -0.05) is 19.1 Å². The van der Waals surface area contributed by atoms with E-state index in [0.29, 0.717) is 11.3 Å². The first-order valence-corrected chi connectivity index (χ1v) is 8.00. The number of alkyl halides is 3. The van der Waals surface area contributed by atoms with Gasteiger partial charge in [-0.05, 0) is 60.6 Å². The monoisotopic (exact) mass is 383 g/mol. The fourth-order valence-corrected chi connectivity index (χ4v) is 2.15. The third kappa shape index (κ3) is 6.25. The molecule has 0 radical (unpaired) electrons. The molecule has 0 aromatic heterocycles. The van der Waals surface area contributed by atoms with E-state index >= 15 is 0 Å². The number of benzene rings is 2. The molecule has 2 aromatic carbocycles. The summed E-state index contributed by atoms with van der Waals surface area (Å²) in [5.74, 6) is -0.712. The van der Waals surface area contributed by atoms with Crippen LogP contribution in [0.1, 0.15) is 22.8 Å². The summed E-state index contributed by atoms with van der Waals surface area (Å²) in [6.07, 6.45) is -3.87. The molecule has 0 unspecified atom stereocenters. The summed E-state index contributed by atoms with van der Waals surface area (Å²) in [6.45, 7) is 2.02. The number of thiocarbonyl (C=S) groups is 1. The van der Waals surface area contributed by atoms with Crippen LogP contribution in [0.25, 0.3) is 0 Å². The highest BCUT2D eigenvalue weighted by atomic mass is 32.1. The van der Waals surface area contributed by atoms with E-state index in [1.807, 2.05) is 19.1 Å². The van der Waals surface area contributed by atoms with Crippen LogP contribution in [0.2, 0.25) is 0 Å². The molecule has 0 atom stereocenters. The van der Waals surface area contributed by atoms with Gasteiger partial charge < -0.3 is 10.1 Å². The van der Waals surface area contributed by atoms with Gasteiger partial charge in [0.1, 0.15) is 5.75 Å². The van der Waals surface area contributed by atoms with Gasteiger partial charge in [0.2, 0.25) is 0 Å². The molecule has 9 heteroatoms. The Morgan fingerprint density at radius 2 is 1.65 bits per heavy atom. The third-order valence-corrected chi connectivity index (χ3v) is 3.46. The van der Waals surface area contributed by atoms with Crippen molar-refractivity contribution in [2.75, 3.05) is 5.32 Å². The molecule has 3 N–H and O–H groups in total. The van der Waals surface area contributed by atoms with Gasteiger partial charge in [-0.15, -0.1) is 13.2 Å². The number of amides is 1. The lowest BCUT2D eigenvalue weighted by Crippen LogP contribution is -2.43. The van der Waals surface area contributed by atoms with Crippen LogP contribution in [0.5, 0.6) is 5.75 Å². The SMILES string of the molecule is CCc1ccc(C(=O)NNC(=S)Nc2ccc(OC(F)(F)F)cc2)cc1. The average molecular weight is 383 g/mol. The van der Waals surface area contributed by atoms with Gasteiger partial charge in [0, 0.05) is 11.3 Å². The molecule has 0 fully saturated rings. The van der Waals surface area contributed by atoms with Crippen LogP contribution in [0, 0.1) is 0 Å². The Labute approximate surface area is 153 Å². The molecule has 0 saturated carbocycles. The highest BCUT2D eigenvalue weighted by molar-refractivity contribution is 7.80. The Kier molecular flexibility index (Phi) is 6.40. The molecule has 2 aromatic rings. The lowest BCUT2D eigenvalue weighted by Gasteiger charge is -2.13. The zero-order valence-corrected chi connectivity index (χ0v) is 14.5. The van der Waals surface area contributed by atoms with Crippen LogP contribution in [-0.4, -0.2) is 17.4 Å². The lowest BCUT2D eigenvalue weighted by molar-refractivity contribution is -0.274. The third-order valence-electron chi connectivity index (χ3n) is 3.26. The number of hydrogen-bond acceptors (Lipinski definition) is 3. The molecule has 5 nitrogen and oxygen atoms in total. The Morgan fingerprint density at radius 3 is 2.19 bits per heavy atom. The van der Waals surface area contributed by atoms with E-state index < -0.39 is 6.36 Å². The van der Waals surface area contributed by atoms with Gasteiger partial charge >= 0.3 is 6.36 Å². The summed E-state index contributed by atoms with van der Waals surface area (Å²) in [5, 5.41) is 2.80. The summed E-state index contributed by atoms with van der Waals surface area (Å²) in [7, 11) is 0. The van der Waals surface area contributed by atoms with Crippen molar-refractivity contribution in [1.82, 2.24) is 10.9 Å². The van der Waals surface area contributed by atoms with Crippen molar-refractivity contribution < 1.29 is 22.7 Å². The predicted molar refractivity (Wildman–Crippen MR) is 95.8 cm³/mol. The number of carbonyl (C=O) groups is 1. The minimum atomic E-state index is -4.74. The second-order valence-electron chi connectivity index (χ2n) is 5.16. The van der Waals surface area contributed by atoms with Crippen LogP contribution in [-0.2, 0) is 6.42 Å². The average Bonchev–Trinajstić information content (AvgIpc) is 2.60. The maximum atomic E-state index is 12.1. The van der Waals surface area contributed by atoms with Gasteiger partial charge in [0.05, 0.1) is 0 Å². The summed E-state index contributed by atoms with van der Waals surface area (Å²) in [4.78, 5) is 12.0. The topological polar surface area (TPSA) is 62.4 Å². The van der Waals surface area contributed by atoms with Crippen molar-refractivity contribution in [1.29, 1.82) is 0 Å². The van der Waals surface area contributed by atoms with E-state index in [4.69, 9.17) is 12.2 Å². The second kappa shape index (κ2) is 8.52. The number of anilines is 1. The minimum absolute atomic E-state index is 0.0769. The fraction of sp³-hybridized carbons (Fsp3) is 0.176. The highest BCUT2D eigenvalue weighted by Crippen LogP contribution is 2.23. The minimum Gasteiger partial charge on any atom is -0.406 e. The normalized spacial score (nSPS) is 10.8. The molecule has 138 valence electrons. The molecular weight excluding hydrogens is 367 g/mol. The predicted octanol–water partition coefficient (Wildman–Crippen LogP) is 3.78. The number of hydrogen-bond donors (Lipinski definition) is 3. The maximum Gasteiger partial charge on any atom is 0.573 e. The number of hydrazine groups is 1. The van der Waals surface area contributed by atoms with Crippen molar-refractivity contribution in [2.45, 2.75) is 19.7 Å². The second-order valence-corrected chi connectivity index (χ2v) is 5.56. The highest BCUT2D eigenvalue weighted by Gasteiger charge is 2.30. The van der Waals surface area contributed by atoms with Gasteiger partial charge in [0.15, 0.2) is 5.11 Å². The van der Waals surface area contributed by atoms with Gasteiger partial charge in [0.25, 0.3) is 5.91 Å². The quantitative estimate of drug-likeness (QED) is 0.554. The standard InChI is InChI=1S/C17H16F3N3O2S/c1-2-11-3-5-12(6-4-11)15(24)22-23-16(26)21-13-7-9-14(10-8-13)25-17(18,19)20/h3-10H,2H2,1H3,(H,22,24)(H2,21,23,26). The molecule has 0 bridgehead atoms. The number of halogens is 3. The Morgan fingerprint density at radius 1 is 1.04 bits per heavy atom. The zero-order valence-electron chi connectivity index (χ0n) is 13.7. The molecular formula is C17H16F3N3O2S. The molecule has 0 saturated heterocycles. The molecule has 0 spiro atoms. The van der Waals surface area contributed by atoms with E-state index in [1.54, 1.807) is 12.1 Å². The summed E-state index contributed by atoms with van der Waals surface area (Å²) in [5.41, 5.74) is 6.96. The smallest absolute Gasteiger partial charge is 0.406 e. The fourth-order valence-electron chi connectivity index (χ4n) is 1.98. The van der Waals surface area contributed by atoms with Crippen molar-refractivity contribution in [2.24, 2.45) is 0 Å². The number of carbonyl (C=O) groups excluding carboxylic acids is 1. The number of rotatable bonds is 4. The molecule has 2 rings (SSSR count). The summed E-state index contributed by atoms with van der Waals surface area (Å²) >= 11 is 5.02. The number of nitrogens with one attached hydrogen (secondary N) is 3. The first-order chi connectivity index (χ1) is 12.3. The molecule has 0 heterocycles. The Hall–Kier alpha value is -2.81. The van der Waals surface area contributed by atoms with E-state index in [9.17, 15) is 18.0 Å². The van der Waals surface area contributed by atoms with Crippen LogP contribution < -0.4 is 20.9 Å². The van der Waals surface area contributed by atoms with Crippen LogP contribution >= 0.6 is 12.2 Å². The first-order valence-electron chi connectivity index (χ1n) is 7.59. The molecule has 0 aliphatic heterocycles. The first kappa shape index (κ1) is 19.5. The summed E-state index contributed by atoms with van der Waals surface area (Å²) < 4.78 is 40.1. The van der Waals surface area contributed by atoms with E-state index in [0.717, 1.165) is 24.1 Å². The van der Waals surface area contributed by atoms with E-state index in [1.165, 1.54) is 12.1 Å². The molecule has 0 aliphatic rings. The molecule has 0 aliphatic carbocycles. The zero-order chi connectivity index (χ0) is 19.2. The number of ether oxygens (including phenoxy) is 1. The lowest BCUT2D eigenvalue weighted by atomic mass is 10.1. The van der Waals surface area contributed by atoms with Gasteiger partial charge in [-0.3, -0.25) is 15.6 Å². The van der Waals surface area contributed by atoms with Crippen LogP contribution in [0.4, 0.5) is 18.9 Å². The van der Waals surface area contributed by atoms with Crippen molar-refractivity contribution in [3.05, 3.63) is 59.7 Å². The number of aryl methyl sites for hydroxylation is 1. The van der Waals surface area contributed by atoms with Crippen molar-refractivity contribution >= 4 is 28.9 Å². The summed E-state index contributed by atoms with van der Waals surface area (Å²) in [6, 6.07) is 12.1. The van der Waals surface area contributed by atoms with E-state index in [-0.39, 0.29) is 16.8 Å². The molecule has 1 amide bonds. The van der Waals surface area contributed by atoms with Crippen molar-refractivity contribution in [3.8, 4) is 5.75 Å². The maximum absolute atomic E-state index is 12.1. The molecule has 26 heavy (non-hydrogen) atoms. The Bertz CT molecular complexity index is 762. The van der Waals surface area contributed by atoms with Crippen LogP contribution in [0.15, 0.2) is 48.5 Å². The van der Waals surface area contributed by atoms with E-state index in [2.05, 4.69) is 20.9 Å². The largest absolute Gasteiger partial charge is 0.573 e. The Balaban J connectivity index is 1.83.